The van der Waals surface area contributed by atoms with Crippen molar-refractivity contribution in [3.8, 4) is 0 Å². The molecule has 1 aliphatic rings. The molecule has 0 N–H and O–H groups in total. The first-order valence-corrected chi connectivity index (χ1v) is 7.38. The molecule has 3 atom stereocenters. The van der Waals surface area contributed by atoms with Crippen LogP contribution >= 0.6 is 27.3 Å². The molecule has 0 saturated heterocycles. The van der Waals surface area contributed by atoms with E-state index in [2.05, 4.69) is 41.7 Å². The third kappa shape index (κ3) is 2.44. The standard InChI is InChI=1S/C12H18BrNS/c1-7-10(4-5-11(7)13)6-12-14-8(2)9(3)15-12/h7,10-11H,4-6H2,1-3H3. The van der Waals surface area contributed by atoms with Gasteiger partial charge in [-0.05, 0) is 38.5 Å². The third-order valence-electron chi connectivity index (χ3n) is 3.64. The lowest BCUT2D eigenvalue weighted by atomic mass is 9.95. The van der Waals surface area contributed by atoms with Gasteiger partial charge in [0.15, 0.2) is 0 Å². The Labute approximate surface area is 104 Å². The summed E-state index contributed by atoms with van der Waals surface area (Å²) in [6, 6.07) is 0. The van der Waals surface area contributed by atoms with E-state index in [1.54, 1.807) is 0 Å². The molecule has 0 aliphatic heterocycles. The molecule has 15 heavy (non-hydrogen) atoms. The number of nitrogens with zero attached hydrogens (tertiary/aromatic N) is 1. The molecule has 0 spiro atoms. The lowest BCUT2D eigenvalue weighted by Crippen LogP contribution is -2.12. The first-order chi connectivity index (χ1) is 7.08. The summed E-state index contributed by atoms with van der Waals surface area (Å²) < 4.78 is 0. The molecule has 1 nitrogen and oxygen atoms in total. The summed E-state index contributed by atoms with van der Waals surface area (Å²) in [6.07, 6.45) is 3.87. The highest BCUT2D eigenvalue weighted by Gasteiger charge is 2.31. The van der Waals surface area contributed by atoms with Crippen molar-refractivity contribution in [2.24, 2.45) is 11.8 Å². The highest BCUT2D eigenvalue weighted by molar-refractivity contribution is 9.09. The SMILES string of the molecule is Cc1nc(CC2CCC(Br)C2C)sc1C. The lowest BCUT2D eigenvalue weighted by Gasteiger charge is -2.15. The Kier molecular flexibility index (Phi) is 3.51. The van der Waals surface area contributed by atoms with Crippen LogP contribution in [0.2, 0.25) is 0 Å². The Bertz CT molecular complexity index is 328. The van der Waals surface area contributed by atoms with Gasteiger partial charge in [-0.1, -0.05) is 22.9 Å². The van der Waals surface area contributed by atoms with Crippen LogP contribution in [-0.2, 0) is 6.42 Å². The summed E-state index contributed by atoms with van der Waals surface area (Å²) in [5, 5.41) is 1.34. The zero-order chi connectivity index (χ0) is 11.0. The van der Waals surface area contributed by atoms with E-state index < -0.39 is 0 Å². The van der Waals surface area contributed by atoms with Gasteiger partial charge in [-0.2, -0.15) is 0 Å². The first-order valence-electron chi connectivity index (χ1n) is 5.65. The molecular formula is C12H18BrNS. The largest absolute Gasteiger partial charge is 0.246 e. The highest BCUT2D eigenvalue weighted by atomic mass is 79.9. The van der Waals surface area contributed by atoms with E-state index in [1.165, 1.54) is 34.8 Å². The Morgan fingerprint density at radius 1 is 1.40 bits per heavy atom. The Hall–Kier alpha value is 0.110. The minimum absolute atomic E-state index is 0.727. The topological polar surface area (TPSA) is 12.9 Å². The molecule has 1 aromatic rings. The van der Waals surface area contributed by atoms with E-state index in [0.717, 1.165) is 16.7 Å². The van der Waals surface area contributed by atoms with Gasteiger partial charge in [0, 0.05) is 16.1 Å². The molecule has 1 fully saturated rings. The monoisotopic (exact) mass is 287 g/mol. The quantitative estimate of drug-likeness (QED) is 0.746. The molecule has 1 aliphatic carbocycles. The van der Waals surface area contributed by atoms with Gasteiger partial charge in [-0.3, -0.25) is 0 Å². The molecule has 1 saturated carbocycles. The zero-order valence-electron chi connectivity index (χ0n) is 9.59. The summed E-state index contributed by atoms with van der Waals surface area (Å²) in [6.45, 7) is 6.65. The smallest absolute Gasteiger partial charge is 0.0933 e. The van der Waals surface area contributed by atoms with Gasteiger partial charge >= 0.3 is 0 Å². The molecule has 2 rings (SSSR count). The van der Waals surface area contributed by atoms with Gasteiger partial charge in [0.2, 0.25) is 0 Å². The summed E-state index contributed by atoms with van der Waals surface area (Å²) in [5.41, 5.74) is 1.22. The maximum atomic E-state index is 4.64. The number of alkyl halides is 1. The Morgan fingerprint density at radius 3 is 2.60 bits per heavy atom. The van der Waals surface area contributed by atoms with E-state index in [9.17, 15) is 0 Å². The molecule has 1 aromatic heterocycles. The van der Waals surface area contributed by atoms with Crippen molar-refractivity contribution in [2.45, 2.75) is 44.9 Å². The van der Waals surface area contributed by atoms with Crippen molar-refractivity contribution in [1.29, 1.82) is 0 Å². The summed E-state index contributed by atoms with van der Waals surface area (Å²) >= 11 is 5.64. The van der Waals surface area contributed by atoms with Crippen LogP contribution < -0.4 is 0 Å². The average molecular weight is 288 g/mol. The van der Waals surface area contributed by atoms with Crippen LogP contribution in [-0.4, -0.2) is 9.81 Å². The van der Waals surface area contributed by atoms with Crippen LogP contribution in [0.5, 0.6) is 0 Å². The van der Waals surface area contributed by atoms with Crippen molar-refractivity contribution in [3.05, 3.63) is 15.6 Å². The van der Waals surface area contributed by atoms with Crippen molar-refractivity contribution >= 4 is 27.3 Å². The molecule has 0 amide bonds. The zero-order valence-corrected chi connectivity index (χ0v) is 12.0. The van der Waals surface area contributed by atoms with Crippen molar-refractivity contribution in [3.63, 3.8) is 0 Å². The maximum Gasteiger partial charge on any atom is 0.0933 e. The van der Waals surface area contributed by atoms with Gasteiger partial charge in [-0.15, -0.1) is 11.3 Å². The molecule has 0 aromatic carbocycles. The van der Waals surface area contributed by atoms with Crippen LogP contribution in [0, 0.1) is 25.7 Å². The molecule has 3 unspecified atom stereocenters. The maximum absolute atomic E-state index is 4.64. The fourth-order valence-electron chi connectivity index (χ4n) is 2.33. The molecule has 0 radical (unpaired) electrons. The van der Waals surface area contributed by atoms with Crippen LogP contribution in [0.25, 0.3) is 0 Å². The number of hydrogen-bond donors (Lipinski definition) is 0. The number of thiazole rings is 1. The van der Waals surface area contributed by atoms with Gasteiger partial charge in [0.1, 0.15) is 0 Å². The van der Waals surface area contributed by atoms with Gasteiger partial charge in [0.25, 0.3) is 0 Å². The second-order valence-electron chi connectivity index (χ2n) is 4.67. The molecule has 84 valence electrons. The first kappa shape index (κ1) is 11.6. The van der Waals surface area contributed by atoms with Crippen LogP contribution in [0.1, 0.15) is 35.3 Å². The van der Waals surface area contributed by atoms with E-state index in [0.29, 0.717) is 0 Å². The Morgan fingerprint density at radius 2 is 2.13 bits per heavy atom. The van der Waals surface area contributed by atoms with Crippen molar-refractivity contribution in [2.75, 3.05) is 0 Å². The van der Waals surface area contributed by atoms with Crippen LogP contribution in [0.15, 0.2) is 0 Å². The number of halogens is 1. The van der Waals surface area contributed by atoms with Crippen LogP contribution in [0.4, 0.5) is 0 Å². The van der Waals surface area contributed by atoms with Crippen LogP contribution in [0.3, 0.4) is 0 Å². The van der Waals surface area contributed by atoms with E-state index in [4.69, 9.17) is 0 Å². The normalized spacial score (nSPS) is 31.1. The second-order valence-corrected chi connectivity index (χ2v) is 7.13. The average Bonchev–Trinajstić information content (AvgIpc) is 2.65. The number of hydrogen-bond acceptors (Lipinski definition) is 2. The van der Waals surface area contributed by atoms with E-state index in [-0.39, 0.29) is 0 Å². The summed E-state index contributed by atoms with van der Waals surface area (Å²) in [4.78, 5) is 6.74. The van der Waals surface area contributed by atoms with Gasteiger partial charge in [0.05, 0.1) is 10.7 Å². The van der Waals surface area contributed by atoms with Crippen molar-refractivity contribution in [1.82, 2.24) is 4.98 Å². The number of aryl methyl sites for hydroxylation is 2. The predicted molar refractivity (Wildman–Crippen MR) is 69.9 cm³/mol. The number of rotatable bonds is 2. The minimum atomic E-state index is 0.727. The van der Waals surface area contributed by atoms with E-state index in [1.807, 2.05) is 11.3 Å². The summed E-state index contributed by atoms with van der Waals surface area (Å²) in [7, 11) is 0. The molecular weight excluding hydrogens is 270 g/mol. The molecule has 0 bridgehead atoms. The van der Waals surface area contributed by atoms with Crippen molar-refractivity contribution < 1.29 is 0 Å². The number of aromatic nitrogens is 1. The lowest BCUT2D eigenvalue weighted by molar-refractivity contribution is 0.423. The van der Waals surface area contributed by atoms with Gasteiger partial charge < -0.3 is 0 Å². The molecule has 3 heteroatoms. The fourth-order valence-corrected chi connectivity index (χ4v) is 4.06. The summed E-state index contributed by atoms with van der Waals surface area (Å²) in [5.74, 6) is 1.63. The third-order valence-corrected chi connectivity index (χ3v) is 6.02. The Balaban J connectivity index is 2.03. The minimum Gasteiger partial charge on any atom is -0.246 e. The molecule has 1 heterocycles. The highest BCUT2D eigenvalue weighted by Crippen LogP contribution is 2.38. The van der Waals surface area contributed by atoms with E-state index >= 15 is 0 Å². The van der Waals surface area contributed by atoms with Gasteiger partial charge in [-0.25, -0.2) is 4.98 Å². The predicted octanol–water partition coefficient (Wildman–Crippen LogP) is 4.11. The fraction of sp³-hybridized carbons (Fsp3) is 0.750. The second kappa shape index (κ2) is 4.54.